The zero-order valence-electron chi connectivity index (χ0n) is 9.98. The van der Waals surface area contributed by atoms with Crippen molar-refractivity contribution in [3.63, 3.8) is 0 Å². The molecule has 0 atom stereocenters. The van der Waals surface area contributed by atoms with Gasteiger partial charge in [0, 0.05) is 12.5 Å². The van der Waals surface area contributed by atoms with Gasteiger partial charge in [-0.25, -0.2) is 0 Å². The highest BCUT2D eigenvalue weighted by Gasteiger charge is 2.10. The minimum Gasteiger partial charge on any atom is -0.497 e. The lowest BCUT2D eigenvalue weighted by atomic mass is 10.1. The molecule has 0 spiro atoms. The predicted molar refractivity (Wildman–Crippen MR) is 59.2 cm³/mol. The van der Waals surface area contributed by atoms with Gasteiger partial charge in [-0.3, -0.25) is 4.79 Å². The Bertz CT molecular complexity index is 405. The van der Waals surface area contributed by atoms with Gasteiger partial charge in [-0.15, -0.1) is 0 Å². The number of benzene rings is 1. The van der Waals surface area contributed by atoms with Crippen LogP contribution in [0.2, 0.25) is 0 Å². The molecule has 0 aromatic heterocycles. The third-order valence-corrected chi connectivity index (χ3v) is 2.03. The first-order chi connectivity index (χ1) is 8.14. The van der Waals surface area contributed by atoms with E-state index in [1.165, 1.54) is 0 Å². The zero-order chi connectivity index (χ0) is 13.3. The van der Waals surface area contributed by atoms with Gasteiger partial charge < -0.3 is 9.47 Å². The van der Waals surface area contributed by atoms with E-state index in [4.69, 9.17) is 19.1 Å². The molecule has 0 unspecified atom stereocenters. The third kappa shape index (κ3) is 4.49. The second kappa shape index (κ2) is 8.07. The fourth-order valence-electron chi connectivity index (χ4n) is 1.22. The van der Waals surface area contributed by atoms with Crippen LogP contribution in [0.25, 0.3) is 0 Å². The lowest BCUT2D eigenvalue weighted by molar-refractivity contribution is -0.191. The summed E-state index contributed by atoms with van der Waals surface area (Å²) in [6.45, 7) is 1.83. The molecular formula is C12H14O5. The van der Waals surface area contributed by atoms with Crippen LogP contribution in [-0.2, 0) is 9.59 Å². The van der Waals surface area contributed by atoms with Crippen LogP contribution in [0.5, 0.6) is 11.5 Å². The number of carbonyl (C=O) groups is 1. The summed E-state index contributed by atoms with van der Waals surface area (Å²) in [6, 6.07) is 5.19. The number of methoxy groups -OCH3 is 2. The van der Waals surface area contributed by atoms with Gasteiger partial charge in [-0.1, -0.05) is 6.92 Å². The van der Waals surface area contributed by atoms with Crippen molar-refractivity contribution in [3.05, 3.63) is 23.8 Å². The minimum absolute atomic E-state index is 0.0736. The molecule has 92 valence electrons. The standard InChI is InChI=1S/C11H14O3.CO2/c1-4-10(12)9-6-5-8(13-2)7-11(9)14-3;2-1-3/h5-7H,4H2,1-3H3;. The molecule has 0 amide bonds. The smallest absolute Gasteiger partial charge is 0.373 e. The van der Waals surface area contributed by atoms with Crippen molar-refractivity contribution in [2.75, 3.05) is 14.2 Å². The monoisotopic (exact) mass is 238 g/mol. The Hall–Kier alpha value is -2.13. The molecular weight excluding hydrogens is 224 g/mol. The molecule has 1 aromatic carbocycles. The molecule has 0 aliphatic carbocycles. The van der Waals surface area contributed by atoms with Crippen LogP contribution in [-0.4, -0.2) is 26.2 Å². The van der Waals surface area contributed by atoms with Crippen molar-refractivity contribution in [1.82, 2.24) is 0 Å². The van der Waals surface area contributed by atoms with Gasteiger partial charge in [0.05, 0.1) is 19.8 Å². The Labute approximate surface area is 99.3 Å². The van der Waals surface area contributed by atoms with Crippen LogP contribution in [0.1, 0.15) is 23.7 Å². The van der Waals surface area contributed by atoms with Crippen LogP contribution < -0.4 is 9.47 Å². The number of ether oxygens (including phenoxy) is 2. The number of ketones is 1. The van der Waals surface area contributed by atoms with Gasteiger partial charge in [0.15, 0.2) is 5.78 Å². The molecule has 1 rings (SSSR count). The highest BCUT2D eigenvalue weighted by Crippen LogP contribution is 2.25. The molecule has 5 heteroatoms. The van der Waals surface area contributed by atoms with Crippen molar-refractivity contribution in [1.29, 1.82) is 0 Å². The van der Waals surface area contributed by atoms with Crippen LogP contribution >= 0.6 is 0 Å². The van der Waals surface area contributed by atoms with Crippen molar-refractivity contribution in [2.24, 2.45) is 0 Å². The lowest BCUT2D eigenvalue weighted by Gasteiger charge is -2.08. The maximum absolute atomic E-state index is 11.5. The SMILES string of the molecule is CCC(=O)c1ccc(OC)cc1OC.O=C=O. The fourth-order valence-corrected chi connectivity index (χ4v) is 1.22. The van der Waals surface area contributed by atoms with Gasteiger partial charge in [0.25, 0.3) is 0 Å². The third-order valence-electron chi connectivity index (χ3n) is 2.03. The average molecular weight is 238 g/mol. The first kappa shape index (κ1) is 14.9. The van der Waals surface area contributed by atoms with Crippen LogP contribution in [0.4, 0.5) is 0 Å². The summed E-state index contributed by atoms with van der Waals surface area (Å²) in [5.74, 6) is 1.33. The van der Waals surface area contributed by atoms with E-state index in [1.54, 1.807) is 32.4 Å². The Morgan fingerprint density at radius 1 is 1.24 bits per heavy atom. The van der Waals surface area contributed by atoms with Gasteiger partial charge in [0.2, 0.25) is 0 Å². The van der Waals surface area contributed by atoms with Gasteiger partial charge in [-0.2, -0.15) is 9.59 Å². The first-order valence-corrected chi connectivity index (χ1v) is 4.89. The van der Waals surface area contributed by atoms with E-state index in [0.717, 1.165) is 0 Å². The second-order valence-electron chi connectivity index (χ2n) is 2.93. The summed E-state index contributed by atoms with van der Waals surface area (Å²) >= 11 is 0. The molecule has 0 bridgehead atoms. The topological polar surface area (TPSA) is 69.7 Å². The number of hydrogen-bond acceptors (Lipinski definition) is 5. The Kier molecular flexibility index (Phi) is 7.06. The summed E-state index contributed by atoms with van der Waals surface area (Å²) < 4.78 is 10.1. The Morgan fingerprint density at radius 2 is 1.82 bits per heavy atom. The summed E-state index contributed by atoms with van der Waals surface area (Å²) in [5.41, 5.74) is 0.607. The van der Waals surface area contributed by atoms with E-state index in [2.05, 4.69) is 0 Å². The highest BCUT2D eigenvalue weighted by atomic mass is 16.5. The normalized spacial score (nSPS) is 8.41. The summed E-state index contributed by atoms with van der Waals surface area (Å²) in [5, 5.41) is 0. The summed E-state index contributed by atoms with van der Waals surface area (Å²) in [6.07, 6.45) is 0.725. The van der Waals surface area contributed by atoms with E-state index >= 15 is 0 Å². The minimum atomic E-state index is 0.0736. The van der Waals surface area contributed by atoms with Crippen LogP contribution in [0, 0.1) is 0 Å². The molecule has 0 N–H and O–H groups in total. The largest absolute Gasteiger partial charge is 0.497 e. The molecule has 17 heavy (non-hydrogen) atoms. The molecule has 0 saturated carbocycles. The van der Waals surface area contributed by atoms with E-state index in [0.29, 0.717) is 23.5 Å². The summed E-state index contributed by atoms with van der Waals surface area (Å²) in [7, 11) is 3.12. The van der Waals surface area contributed by atoms with Crippen molar-refractivity contribution < 1.29 is 23.9 Å². The molecule has 0 radical (unpaired) electrons. The van der Waals surface area contributed by atoms with Crippen molar-refractivity contribution in [3.8, 4) is 11.5 Å². The van der Waals surface area contributed by atoms with Gasteiger partial charge in [0.1, 0.15) is 11.5 Å². The number of hydrogen-bond donors (Lipinski definition) is 0. The van der Waals surface area contributed by atoms with E-state index < -0.39 is 0 Å². The van der Waals surface area contributed by atoms with E-state index in [9.17, 15) is 4.79 Å². The number of rotatable bonds is 4. The quantitative estimate of drug-likeness (QED) is 0.747. The van der Waals surface area contributed by atoms with Gasteiger partial charge in [-0.05, 0) is 12.1 Å². The number of carbonyl (C=O) groups excluding carboxylic acids is 3. The van der Waals surface area contributed by atoms with E-state index in [-0.39, 0.29) is 11.9 Å². The van der Waals surface area contributed by atoms with Crippen molar-refractivity contribution >= 4 is 11.9 Å². The van der Waals surface area contributed by atoms with Crippen LogP contribution in [0.3, 0.4) is 0 Å². The molecule has 0 aliphatic rings. The van der Waals surface area contributed by atoms with Crippen molar-refractivity contribution in [2.45, 2.75) is 13.3 Å². The zero-order valence-corrected chi connectivity index (χ0v) is 9.98. The van der Waals surface area contributed by atoms with Gasteiger partial charge >= 0.3 is 6.15 Å². The predicted octanol–water partition coefficient (Wildman–Crippen LogP) is 1.71. The fraction of sp³-hybridized carbons (Fsp3) is 0.333. The first-order valence-electron chi connectivity index (χ1n) is 4.89. The lowest BCUT2D eigenvalue weighted by Crippen LogP contribution is -2.00. The number of Topliss-reactive ketones (excluding diaryl/α,β-unsaturated/α-hetero) is 1. The van der Waals surface area contributed by atoms with E-state index in [1.807, 2.05) is 6.92 Å². The van der Waals surface area contributed by atoms with Crippen LogP contribution in [0.15, 0.2) is 18.2 Å². The molecule has 5 nitrogen and oxygen atoms in total. The average Bonchev–Trinajstić information content (AvgIpc) is 2.37. The molecule has 0 saturated heterocycles. The Morgan fingerprint density at radius 3 is 2.24 bits per heavy atom. The highest BCUT2D eigenvalue weighted by molar-refractivity contribution is 5.98. The maximum atomic E-state index is 11.5. The second-order valence-corrected chi connectivity index (χ2v) is 2.93. The molecule has 0 fully saturated rings. The Balaban J connectivity index is 0.000000770. The summed E-state index contributed by atoms with van der Waals surface area (Å²) in [4.78, 5) is 27.7. The maximum Gasteiger partial charge on any atom is 0.373 e. The molecule has 1 aromatic rings. The molecule has 0 aliphatic heterocycles. The molecule has 0 heterocycles.